The number of nitrogens with zero attached hydrogens (tertiary/aromatic N) is 2. The number of hydrogen-bond acceptors (Lipinski definition) is 4. The Balaban J connectivity index is 1.80. The van der Waals surface area contributed by atoms with Gasteiger partial charge in [0, 0.05) is 18.8 Å². The molecule has 2 aliphatic heterocycles. The van der Waals surface area contributed by atoms with Crippen LogP contribution in [-0.4, -0.2) is 34.5 Å². The highest BCUT2D eigenvalue weighted by atomic mass is 16.5. The SMILES string of the molecule is C=C(O)C1=CN2CC(C3(CC)CC(CCC)C3)N=C2C=C1OC(C)C. The summed E-state index contributed by atoms with van der Waals surface area (Å²) in [6.45, 7) is 13.1. The van der Waals surface area contributed by atoms with Crippen molar-refractivity contribution in [2.75, 3.05) is 6.54 Å². The standard InChI is InChI=1S/C21H32N2O2/c1-6-8-16-10-21(7-2,11-16)19-13-23-12-17(15(5)24)18(25-14(3)4)9-20(23)22-19/h9,12,14,16,19,24H,5-8,10-11,13H2,1-4H3. The summed E-state index contributed by atoms with van der Waals surface area (Å²) in [7, 11) is 0. The summed E-state index contributed by atoms with van der Waals surface area (Å²) in [6.07, 6.45) is 10.4. The molecule has 1 saturated carbocycles. The lowest BCUT2D eigenvalue weighted by Crippen LogP contribution is -2.47. The highest BCUT2D eigenvalue weighted by Crippen LogP contribution is 2.54. The van der Waals surface area contributed by atoms with E-state index >= 15 is 0 Å². The lowest BCUT2D eigenvalue weighted by Gasteiger charge is -2.50. The van der Waals surface area contributed by atoms with E-state index in [4.69, 9.17) is 9.73 Å². The summed E-state index contributed by atoms with van der Waals surface area (Å²) in [4.78, 5) is 7.20. The second kappa shape index (κ2) is 6.89. The summed E-state index contributed by atoms with van der Waals surface area (Å²) in [5.74, 6) is 2.55. The fraction of sp³-hybridized carbons (Fsp3) is 0.667. The van der Waals surface area contributed by atoms with Crippen LogP contribution in [0.5, 0.6) is 0 Å². The predicted octanol–water partition coefficient (Wildman–Crippen LogP) is 4.95. The van der Waals surface area contributed by atoms with Gasteiger partial charge in [-0.15, -0.1) is 0 Å². The molecular formula is C21H32N2O2. The van der Waals surface area contributed by atoms with E-state index in [1.165, 1.54) is 32.1 Å². The largest absolute Gasteiger partial charge is 0.508 e. The number of amidine groups is 1. The highest BCUT2D eigenvalue weighted by molar-refractivity contribution is 5.97. The molecule has 3 rings (SSSR count). The highest BCUT2D eigenvalue weighted by Gasteiger charge is 2.50. The monoisotopic (exact) mass is 344 g/mol. The van der Waals surface area contributed by atoms with Crippen LogP contribution in [0.4, 0.5) is 0 Å². The van der Waals surface area contributed by atoms with E-state index in [9.17, 15) is 5.11 Å². The Morgan fingerprint density at radius 2 is 2.16 bits per heavy atom. The Bertz CT molecular complexity index is 624. The molecule has 0 aromatic heterocycles. The van der Waals surface area contributed by atoms with Gasteiger partial charge in [0.15, 0.2) is 0 Å². The number of aliphatic hydroxyl groups excluding tert-OH is 1. The average Bonchev–Trinajstić information content (AvgIpc) is 2.92. The van der Waals surface area contributed by atoms with Crippen molar-refractivity contribution in [3.05, 3.63) is 35.9 Å². The second-order valence-corrected chi connectivity index (χ2v) is 8.10. The predicted molar refractivity (Wildman–Crippen MR) is 102 cm³/mol. The normalized spacial score (nSPS) is 31.1. The lowest BCUT2D eigenvalue weighted by molar-refractivity contribution is 0.0185. The van der Waals surface area contributed by atoms with E-state index in [1.807, 2.05) is 26.1 Å². The van der Waals surface area contributed by atoms with E-state index < -0.39 is 0 Å². The van der Waals surface area contributed by atoms with Gasteiger partial charge in [-0.2, -0.15) is 0 Å². The Labute approximate surface area is 152 Å². The van der Waals surface area contributed by atoms with Crippen molar-refractivity contribution < 1.29 is 9.84 Å². The number of aliphatic imine (C=N–C) groups is 1. The summed E-state index contributed by atoms with van der Waals surface area (Å²) < 4.78 is 5.87. The molecule has 0 aromatic carbocycles. The molecule has 1 atom stereocenters. The molecule has 1 N–H and O–H groups in total. The molecule has 0 aromatic rings. The molecular weight excluding hydrogens is 312 g/mol. The molecule has 1 unspecified atom stereocenters. The van der Waals surface area contributed by atoms with Crippen LogP contribution in [0.25, 0.3) is 0 Å². The van der Waals surface area contributed by atoms with Crippen LogP contribution in [-0.2, 0) is 4.74 Å². The number of aliphatic hydroxyl groups is 1. The van der Waals surface area contributed by atoms with Crippen LogP contribution in [0.3, 0.4) is 0 Å². The lowest BCUT2D eigenvalue weighted by atomic mass is 9.56. The first-order chi connectivity index (χ1) is 11.9. The third kappa shape index (κ3) is 3.36. The van der Waals surface area contributed by atoms with Gasteiger partial charge in [0.25, 0.3) is 0 Å². The Morgan fingerprint density at radius 1 is 1.44 bits per heavy atom. The number of ether oxygens (including phenoxy) is 1. The minimum atomic E-state index is 0.0433. The molecule has 0 amide bonds. The van der Waals surface area contributed by atoms with Crippen molar-refractivity contribution in [1.82, 2.24) is 4.90 Å². The summed E-state index contributed by atoms with van der Waals surface area (Å²) in [6, 6.07) is 0.333. The van der Waals surface area contributed by atoms with E-state index in [2.05, 4.69) is 25.3 Å². The maximum Gasteiger partial charge on any atom is 0.135 e. The van der Waals surface area contributed by atoms with E-state index in [-0.39, 0.29) is 11.9 Å². The van der Waals surface area contributed by atoms with Crippen molar-refractivity contribution in [3.8, 4) is 0 Å². The van der Waals surface area contributed by atoms with Gasteiger partial charge in [0.2, 0.25) is 0 Å². The fourth-order valence-corrected chi connectivity index (χ4v) is 4.61. The molecule has 0 radical (unpaired) electrons. The third-order valence-corrected chi connectivity index (χ3v) is 5.93. The number of rotatable bonds is 7. The zero-order valence-electron chi connectivity index (χ0n) is 16.1. The van der Waals surface area contributed by atoms with Gasteiger partial charge in [-0.3, -0.25) is 4.99 Å². The van der Waals surface area contributed by atoms with Gasteiger partial charge >= 0.3 is 0 Å². The molecule has 0 bridgehead atoms. The van der Waals surface area contributed by atoms with E-state index in [1.54, 1.807) is 0 Å². The molecule has 1 fully saturated rings. The van der Waals surface area contributed by atoms with Crippen LogP contribution >= 0.6 is 0 Å². The van der Waals surface area contributed by atoms with E-state index in [0.717, 1.165) is 18.3 Å². The Hall–Kier alpha value is -1.71. The van der Waals surface area contributed by atoms with Gasteiger partial charge in [0.1, 0.15) is 17.4 Å². The van der Waals surface area contributed by atoms with Crippen LogP contribution in [0.2, 0.25) is 0 Å². The summed E-state index contributed by atoms with van der Waals surface area (Å²) in [5, 5.41) is 9.95. The van der Waals surface area contributed by atoms with Gasteiger partial charge in [0.05, 0.1) is 17.7 Å². The Morgan fingerprint density at radius 3 is 2.72 bits per heavy atom. The molecule has 3 aliphatic rings. The zero-order valence-corrected chi connectivity index (χ0v) is 16.1. The van der Waals surface area contributed by atoms with Crippen LogP contribution in [0.15, 0.2) is 40.9 Å². The minimum absolute atomic E-state index is 0.0433. The third-order valence-electron chi connectivity index (χ3n) is 5.93. The second-order valence-electron chi connectivity index (χ2n) is 8.10. The summed E-state index contributed by atoms with van der Waals surface area (Å²) in [5.41, 5.74) is 1.01. The average molecular weight is 344 g/mol. The van der Waals surface area contributed by atoms with Crippen molar-refractivity contribution in [2.24, 2.45) is 16.3 Å². The van der Waals surface area contributed by atoms with E-state index in [0.29, 0.717) is 22.8 Å². The van der Waals surface area contributed by atoms with Crippen LogP contribution in [0, 0.1) is 11.3 Å². The molecule has 4 nitrogen and oxygen atoms in total. The molecule has 2 heterocycles. The molecule has 0 saturated heterocycles. The number of hydrogen-bond donors (Lipinski definition) is 1. The van der Waals surface area contributed by atoms with Gasteiger partial charge < -0.3 is 14.7 Å². The number of fused-ring (bicyclic) bond motifs is 1. The van der Waals surface area contributed by atoms with Gasteiger partial charge in [-0.25, -0.2) is 0 Å². The molecule has 138 valence electrons. The van der Waals surface area contributed by atoms with Crippen molar-refractivity contribution in [2.45, 2.75) is 71.9 Å². The molecule has 1 aliphatic carbocycles. The smallest absolute Gasteiger partial charge is 0.135 e. The van der Waals surface area contributed by atoms with Gasteiger partial charge in [-0.05, 0) is 44.4 Å². The van der Waals surface area contributed by atoms with Crippen LogP contribution < -0.4 is 0 Å². The molecule has 0 spiro atoms. The van der Waals surface area contributed by atoms with Crippen LogP contribution in [0.1, 0.15) is 59.8 Å². The Kier molecular flexibility index (Phi) is 4.99. The maximum atomic E-state index is 9.95. The quantitative estimate of drug-likeness (QED) is 0.664. The maximum absolute atomic E-state index is 9.95. The first-order valence-electron chi connectivity index (χ1n) is 9.71. The van der Waals surface area contributed by atoms with Crippen molar-refractivity contribution in [1.29, 1.82) is 0 Å². The van der Waals surface area contributed by atoms with Crippen molar-refractivity contribution in [3.63, 3.8) is 0 Å². The first kappa shape index (κ1) is 18.1. The zero-order chi connectivity index (χ0) is 18.2. The topological polar surface area (TPSA) is 45.1 Å². The minimum Gasteiger partial charge on any atom is -0.508 e. The first-order valence-corrected chi connectivity index (χ1v) is 9.71. The molecule has 4 heteroatoms. The molecule has 25 heavy (non-hydrogen) atoms. The fourth-order valence-electron chi connectivity index (χ4n) is 4.61. The van der Waals surface area contributed by atoms with Crippen molar-refractivity contribution >= 4 is 5.84 Å². The summed E-state index contributed by atoms with van der Waals surface area (Å²) >= 11 is 0. The van der Waals surface area contributed by atoms with Gasteiger partial charge in [-0.1, -0.05) is 33.3 Å².